The van der Waals surface area contributed by atoms with Gasteiger partial charge in [-0.25, -0.2) is 4.39 Å². The van der Waals surface area contributed by atoms with Crippen molar-refractivity contribution < 1.29 is 13.9 Å². The summed E-state index contributed by atoms with van der Waals surface area (Å²) in [6.45, 7) is 3.67. The fraction of sp³-hybridized carbons (Fsp3) is 0.316. The van der Waals surface area contributed by atoms with E-state index < -0.39 is 5.82 Å². The number of piperazine rings is 1. The molecule has 0 N–H and O–H groups in total. The number of rotatable bonds is 4. The number of halogens is 1. The number of hydrogen-bond acceptors (Lipinski definition) is 3. The predicted molar refractivity (Wildman–Crippen MR) is 90.6 cm³/mol. The molecule has 1 fully saturated rings. The van der Waals surface area contributed by atoms with Crippen LogP contribution >= 0.6 is 0 Å². The van der Waals surface area contributed by atoms with E-state index in [1.807, 2.05) is 18.2 Å². The number of methoxy groups -OCH3 is 1. The van der Waals surface area contributed by atoms with Gasteiger partial charge in [0.2, 0.25) is 0 Å². The zero-order chi connectivity index (χ0) is 16.9. The summed E-state index contributed by atoms with van der Waals surface area (Å²) in [7, 11) is 1.47. The number of hydrogen-bond donors (Lipinski definition) is 0. The van der Waals surface area contributed by atoms with Gasteiger partial charge in [0.05, 0.1) is 12.7 Å². The summed E-state index contributed by atoms with van der Waals surface area (Å²) in [6, 6.07) is 14.6. The molecule has 2 aromatic carbocycles. The SMILES string of the molecule is COc1ccc(C(=O)N2CCN(Cc3ccccc3)CC2)c(F)c1. The monoisotopic (exact) mass is 328 g/mol. The zero-order valence-electron chi connectivity index (χ0n) is 13.7. The van der Waals surface area contributed by atoms with E-state index in [9.17, 15) is 9.18 Å². The third-order valence-electron chi connectivity index (χ3n) is 4.32. The Morgan fingerprint density at radius 3 is 2.42 bits per heavy atom. The number of carbonyl (C=O) groups is 1. The van der Waals surface area contributed by atoms with Crippen molar-refractivity contribution in [1.29, 1.82) is 0 Å². The minimum absolute atomic E-state index is 0.104. The molecule has 126 valence electrons. The van der Waals surface area contributed by atoms with Crippen molar-refractivity contribution >= 4 is 5.91 Å². The molecule has 0 bridgehead atoms. The lowest BCUT2D eigenvalue weighted by molar-refractivity contribution is 0.0624. The molecule has 0 spiro atoms. The normalized spacial score (nSPS) is 15.3. The first kappa shape index (κ1) is 16.5. The molecule has 0 aliphatic carbocycles. The van der Waals surface area contributed by atoms with Gasteiger partial charge in [-0.2, -0.15) is 0 Å². The van der Waals surface area contributed by atoms with Crippen molar-refractivity contribution in [2.75, 3.05) is 33.3 Å². The lowest BCUT2D eigenvalue weighted by atomic mass is 10.1. The Balaban J connectivity index is 1.59. The van der Waals surface area contributed by atoms with Gasteiger partial charge in [-0.15, -0.1) is 0 Å². The maximum absolute atomic E-state index is 14.1. The van der Waals surface area contributed by atoms with E-state index in [1.165, 1.54) is 24.8 Å². The molecule has 5 heteroatoms. The van der Waals surface area contributed by atoms with Crippen LogP contribution in [0.25, 0.3) is 0 Å². The quantitative estimate of drug-likeness (QED) is 0.865. The number of nitrogens with zero attached hydrogens (tertiary/aromatic N) is 2. The van der Waals surface area contributed by atoms with Crippen LogP contribution in [0.4, 0.5) is 4.39 Å². The van der Waals surface area contributed by atoms with Crippen LogP contribution < -0.4 is 4.74 Å². The average Bonchev–Trinajstić information content (AvgIpc) is 2.62. The lowest BCUT2D eigenvalue weighted by Crippen LogP contribution is -2.48. The highest BCUT2D eigenvalue weighted by Crippen LogP contribution is 2.19. The molecule has 1 aliphatic heterocycles. The molecule has 0 atom stereocenters. The first-order chi connectivity index (χ1) is 11.7. The molecule has 0 unspecified atom stereocenters. The highest BCUT2D eigenvalue weighted by molar-refractivity contribution is 5.94. The number of amides is 1. The molecule has 1 saturated heterocycles. The summed E-state index contributed by atoms with van der Waals surface area (Å²) < 4.78 is 19.0. The van der Waals surface area contributed by atoms with Crippen molar-refractivity contribution in [1.82, 2.24) is 9.80 Å². The van der Waals surface area contributed by atoms with Crippen LogP contribution in [0.2, 0.25) is 0 Å². The molecule has 2 aromatic rings. The second-order valence-corrected chi connectivity index (χ2v) is 5.90. The maximum atomic E-state index is 14.1. The van der Waals surface area contributed by atoms with E-state index >= 15 is 0 Å². The van der Waals surface area contributed by atoms with E-state index in [2.05, 4.69) is 17.0 Å². The van der Waals surface area contributed by atoms with Crippen molar-refractivity contribution in [2.24, 2.45) is 0 Å². The van der Waals surface area contributed by atoms with E-state index in [0.29, 0.717) is 18.8 Å². The van der Waals surface area contributed by atoms with Gasteiger partial charge in [-0.3, -0.25) is 9.69 Å². The second kappa shape index (κ2) is 7.45. The first-order valence-corrected chi connectivity index (χ1v) is 8.06. The zero-order valence-corrected chi connectivity index (χ0v) is 13.7. The minimum Gasteiger partial charge on any atom is -0.497 e. The molecule has 4 nitrogen and oxygen atoms in total. The Morgan fingerprint density at radius 2 is 1.79 bits per heavy atom. The topological polar surface area (TPSA) is 32.8 Å². The first-order valence-electron chi connectivity index (χ1n) is 8.06. The van der Waals surface area contributed by atoms with Gasteiger partial charge in [0.1, 0.15) is 11.6 Å². The molecule has 1 heterocycles. The van der Waals surface area contributed by atoms with Gasteiger partial charge in [0.25, 0.3) is 5.91 Å². The largest absolute Gasteiger partial charge is 0.497 e. The summed E-state index contributed by atoms with van der Waals surface area (Å²) in [5.74, 6) is -0.377. The van der Waals surface area contributed by atoms with Crippen molar-refractivity contribution in [3.05, 3.63) is 65.5 Å². The van der Waals surface area contributed by atoms with Gasteiger partial charge < -0.3 is 9.64 Å². The smallest absolute Gasteiger partial charge is 0.256 e. The van der Waals surface area contributed by atoms with E-state index in [4.69, 9.17) is 4.74 Å². The fourth-order valence-electron chi connectivity index (χ4n) is 2.92. The van der Waals surface area contributed by atoms with Crippen LogP contribution in [0, 0.1) is 5.82 Å². The van der Waals surface area contributed by atoms with E-state index in [0.717, 1.165) is 19.6 Å². The van der Waals surface area contributed by atoms with Gasteiger partial charge in [-0.1, -0.05) is 30.3 Å². The van der Waals surface area contributed by atoms with Crippen molar-refractivity contribution in [2.45, 2.75) is 6.54 Å². The molecular weight excluding hydrogens is 307 g/mol. The number of ether oxygens (including phenoxy) is 1. The average molecular weight is 328 g/mol. The molecule has 0 radical (unpaired) electrons. The van der Waals surface area contributed by atoms with Crippen LogP contribution in [0.3, 0.4) is 0 Å². The van der Waals surface area contributed by atoms with Gasteiger partial charge in [-0.05, 0) is 17.7 Å². The van der Waals surface area contributed by atoms with Crippen molar-refractivity contribution in [3.8, 4) is 5.75 Å². The minimum atomic E-state index is -0.536. The third-order valence-corrected chi connectivity index (χ3v) is 4.32. The summed E-state index contributed by atoms with van der Waals surface area (Å²) in [5, 5.41) is 0. The lowest BCUT2D eigenvalue weighted by Gasteiger charge is -2.34. The third kappa shape index (κ3) is 3.74. The maximum Gasteiger partial charge on any atom is 0.256 e. The Labute approximate surface area is 141 Å². The molecule has 0 aromatic heterocycles. The summed E-state index contributed by atoms with van der Waals surface area (Å²) in [6.07, 6.45) is 0. The van der Waals surface area contributed by atoms with Crippen LogP contribution in [0.5, 0.6) is 5.75 Å². The van der Waals surface area contributed by atoms with Crippen molar-refractivity contribution in [3.63, 3.8) is 0 Å². The standard InChI is InChI=1S/C19H21FN2O2/c1-24-16-7-8-17(18(20)13-16)19(23)22-11-9-21(10-12-22)14-15-5-3-2-4-6-15/h2-8,13H,9-12,14H2,1H3. The second-order valence-electron chi connectivity index (χ2n) is 5.90. The van der Waals surface area contributed by atoms with Gasteiger partial charge >= 0.3 is 0 Å². The predicted octanol–water partition coefficient (Wildman–Crippen LogP) is 2.79. The Hall–Kier alpha value is -2.40. The van der Waals surface area contributed by atoms with Gasteiger partial charge in [0.15, 0.2) is 0 Å². The summed E-state index contributed by atoms with van der Waals surface area (Å²) in [4.78, 5) is 16.5. The van der Waals surface area contributed by atoms with E-state index in [1.54, 1.807) is 11.0 Å². The molecule has 24 heavy (non-hydrogen) atoms. The molecule has 1 amide bonds. The van der Waals surface area contributed by atoms with Crippen LogP contribution in [0.15, 0.2) is 48.5 Å². The van der Waals surface area contributed by atoms with Gasteiger partial charge in [0, 0.05) is 38.8 Å². The fourth-order valence-corrected chi connectivity index (χ4v) is 2.92. The molecule has 3 rings (SSSR count). The van der Waals surface area contributed by atoms with Crippen LogP contribution in [0.1, 0.15) is 15.9 Å². The Bertz CT molecular complexity index is 698. The van der Waals surface area contributed by atoms with Crippen LogP contribution in [-0.4, -0.2) is 49.0 Å². The summed E-state index contributed by atoms with van der Waals surface area (Å²) >= 11 is 0. The number of carbonyl (C=O) groups excluding carboxylic acids is 1. The molecule has 0 saturated carbocycles. The Kier molecular flexibility index (Phi) is 5.11. The highest BCUT2D eigenvalue weighted by Gasteiger charge is 2.24. The van der Waals surface area contributed by atoms with E-state index in [-0.39, 0.29) is 11.5 Å². The highest BCUT2D eigenvalue weighted by atomic mass is 19.1. The number of benzene rings is 2. The van der Waals surface area contributed by atoms with Crippen LogP contribution in [-0.2, 0) is 6.54 Å². The summed E-state index contributed by atoms with van der Waals surface area (Å²) in [5.41, 5.74) is 1.37. The Morgan fingerprint density at radius 1 is 1.08 bits per heavy atom. The molecule has 1 aliphatic rings. The molecular formula is C19H21FN2O2.